The van der Waals surface area contributed by atoms with Crippen LogP contribution in [0.15, 0.2) is 66.7 Å². The molecule has 1 atom stereocenters. The van der Waals surface area contributed by atoms with E-state index in [1.165, 1.54) is 42.5 Å². The number of benzene rings is 3. The first-order valence-corrected chi connectivity index (χ1v) is 12.2. The molecule has 2 N–H and O–H groups in total. The minimum atomic E-state index is -0.946. The number of nitrogens with one attached hydrogen (secondary N) is 1. The van der Waals surface area contributed by atoms with Crippen LogP contribution in [0.25, 0.3) is 11.3 Å². The van der Waals surface area contributed by atoms with E-state index in [0.29, 0.717) is 29.0 Å². The van der Waals surface area contributed by atoms with Crippen LogP contribution in [0.2, 0.25) is 5.02 Å². The Bertz CT molecular complexity index is 1550. The van der Waals surface area contributed by atoms with Gasteiger partial charge in [0.15, 0.2) is 5.82 Å². The van der Waals surface area contributed by atoms with Gasteiger partial charge in [0, 0.05) is 22.8 Å². The number of ether oxygens (including phenoxy) is 2. The molecule has 8 nitrogen and oxygen atoms in total. The third-order valence-corrected chi connectivity index (χ3v) is 6.41. The number of aromatic nitrogens is 2. The summed E-state index contributed by atoms with van der Waals surface area (Å²) in [5.41, 5.74) is 1.43. The number of carboxylic acids is 1. The summed E-state index contributed by atoms with van der Waals surface area (Å²) in [7, 11) is 0. The smallest absolute Gasteiger partial charge is 0.311 e. The molecule has 0 saturated heterocycles. The lowest BCUT2D eigenvalue weighted by Gasteiger charge is -2.24. The van der Waals surface area contributed by atoms with Gasteiger partial charge in [-0.15, -0.1) is 10.2 Å². The molecule has 0 fully saturated rings. The second-order valence-corrected chi connectivity index (χ2v) is 9.09. The molecule has 4 aromatic rings. The zero-order chi connectivity index (χ0) is 27.5. The molecule has 2 heterocycles. The Hall–Kier alpha value is -4.57. The first-order valence-electron chi connectivity index (χ1n) is 11.8. The molecule has 1 unspecified atom stereocenters. The molecule has 198 valence electrons. The Balaban J connectivity index is 1.25. The maximum atomic E-state index is 14.2. The summed E-state index contributed by atoms with van der Waals surface area (Å²) in [6.07, 6.45) is 0.353. The predicted molar refractivity (Wildman–Crippen MR) is 139 cm³/mol. The van der Waals surface area contributed by atoms with E-state index < -0.39 is 30.3 Å². The van der Waals surface area contributed by atoms with Crippen molar-refractivity contribution in [3.05, 3.63) is 94.3 Å². The van der Waals surface area contributed by atoms with Gasteiger partial charge in [0.25, 0.3) is 5.91 Å². The molecule has 1 aliphatic rings. The fourth-order valence-electron chi connectivity index (χ4n) is 4.11. The Morgan fingerprint density at radius 3 is 2.54 bits per heavy atom. The molecule has 0 aliphatic carbocycles. The molecule has 0 saturated carbocycles. The molecule has 1 amide bonds. The van der Waals surface area contributed by atoms with Crippen molar-refractivity contribution in [2.45, 2.75) is 19.0 Å². The molecule has 11 heteroatoms. The van der Waals surface area contributed by atoms with Gasteiger partial charge in [0.1, 0.15) is 29.7 Å². The second kappa shape index (κ2) is 11.0. The van der Waals surface area contributed by atoms with Crippen molar-refractivity contribution >= 4 is 29.3 Å². The van der Waals surface area contributed by atoms with Crippen LogP contribution in [-0.4, -0.2) is 33.8 Å². The number of hydrogen-bond acceptors (Lipinski definition) is 6. The van der Waals surface area contributed by atoms with Gasteiger partial charge in [-0.2, -0.15) is 0 Å². The highest BCUT2D eigenvalue weighted by Crippen LogP contribution is 2.41. The van der Waals surface area contributed by atoms with Gasteiger partial charge in [-0.05, 0) is 66.6 Å². The third-order valence-electron chi connectivity index (χ3n) is 6.12. The maximum Gasteiger partial charge on any atom is 0.311 e. The quantitative estimate of drug-likeness (QED) is 0.273. The number of halogens is 3. The van der Waals surface area contributed by atoms with Crippen molar-refractivity contribution in [3.8, 4) is 28.5 Å². The minimum absolute atomic E-state index is 0.158. The number of nitrogens with zero attached hydrogens (tertiary/aromatic N) is 2. The Kier molecular flexibility index (Phi) is 7.38. The number of carboxylic acid groups (broad SMARTS) is 1. The van der Waals surface area contributed by atoms with E-state index in [-0.39, 0.29) is 40.0 Å². The summed E-state index contributed by atoms with van der Waals surface area (Å²) in [6, 6.07) is 16.3. The van der Waals surface area contributed by atoms with E-state index in [0.717, 1.165) is 6.07 Å². The number of anilines is 1. The van der Waals surface area contributed by atoms with E-state index in [1.807, 2.05) is 0 Å². The Morgan fingerprint density at radius 2 is 1.87 bits per heavy atom. The van der Waals surface area contributed by atoms with Gasteiger partial charge in [-0.1, -0.05) is 17.7 Å². The lowest BCUT2D eigenvalue weighted by atomic mass is 9.93. The zero-order valence-corrected chi connectivity index (χ0v) is 20.9. The number of carbonyl (C=O) groups excluding carboxylic acids is 1. The van der Waals surface area contributed by atoms with Crippen LogP contribution in [0.3, 0.4) is 0 Å². The van der Waals surface area contributed by atoms with Gasteiger partial charge in [0.2, 0.25) is 0 Å². The highest BCUT2D eigenvalue weighted by molar-refractivity contribution is 6.32. The van der Waals surface area contributed by atoms with Crippen LogP contribution in [0.4, 0.5) is 14.6 Å². The number of amides is 1. The highest BCUT2D eigenvalue weighted by Gasteiger charge is 2.29. The minimum Gasteiger partial charge on any atom is -0.493 e. The summed E-state index contributed by atoms with van der Waals surface area (Å²) in [4.78, 5) is 24.2. The molecule has 0 radical (unpaired) electrons. The van der Waals surface area contributed by atoms with Crippen molar-refractivity contribution in [2.75, 3.05) is 11.9 Å². The third kappa shape index (κ3) is 5.65. The predicted octanol–water partition coefficient (Wildman–Crippen LogP) is 6.40. The van der Waals surface area contributed by atoms with Gasteiger partial charge in [-0.25, -0.2) is 8.78 Å². The van der Waals surface area contributed by atoms with Gasteiger partial charge in [-0.3, -0.25) is 9.59 Å². The first-order chi connectivity index (χ1) is 18.8. The highest BCUT2D eigenvalue weighted by atomic mass is 35.5. The SMILES string of the molecule is O=C(Nc1ccc(-c2ccc(CF)cc2F)nn1)c1ccc(Oc2cc3c(cc2Cl)C(C(=O)O)CCO3)cc1. The van der Waals surface area contributed by atoms with Gasteiger partial charge in [0.05, 0.1) is 23.2 Å². The first kappa shape index (κ1) is 26.1. The average Bonchev–Trinajstić information content (AvgIpc) is 2.94. The molecule has 0 spiro atoms. The van der Waals surface area contributed by atoms with E-state index in [4.69, 9.17) is 21.1 Å². The number of rotatable bonds is 7. The van der Waals surface area contributed by atoms with E-state index in [1.54, 1.807) is 18.2 Å². The van der Waals surface area contributed by atoms with Crippen molar-refractivity contribution < 1.29 is 33.0 Å². The van der Waals surface area contributed by atoms with Crippen LogP contribution in [0.1, 0.15) is 33.8 Å². The summed E-state index contributed by atoms with van der Waals surface area (Å²) in [6.45, 7) is -0.501. The molecular weight excluding hydrogens is 532 g/mol. The number of fused-ring (bicyclic) bond motifs is 1. The van der Waals surface area contributed by atoms with Gasteiger partial charge < -0.3 is 19.9 Å². The lowest BCUT2D eigenvalue weighted by Crippen LogP contribution is -2.20. The van der Waals surface area contributed by atoms with Crippen LogP contribution >= 0.6 is 11.6 Å². The topological polar surface area (TPSA) is 111 Å². The lowest BCUT2D eigenvalue weighted by molar-refractivity contribution is -0.139. The fourth-order valence-corrected chi connectivity index (χ4v) is 4.32. The summed E-state index contributed by atoms with van der Waals surface area (Å²) in [5.74, 6) is -1.49. The summed E-state index contributed by atoms with van der Waals surface area (Å²) < 4.78 is 38.4. The Labute approximate surface area is 226 Å². The van der Waals surface area contributed by atoms with Crippen molar-refractivity contribution in [3.63, 3.8) is 0 Å². The average molecular weight is 552 g/mol. The normalized spacial score (nSPS) is 14.2. The number of aliphatic carboxylic acids is 1. The molecule has 0 bridgehead atoms. The van der Waals surface area contributed by atoms with E-state index in [9.17, 15) is 23.5 Å². The standard InChI is InChI=1S/C28H20ClF2N3O5/c29-21-12-20-18(28(36)37)9-10-38-24(20)13-25(21)39-17-4-2-16(3-5-17)27(35)32-26-8-7-23(33-34-26)19-6-1-15(14-30)11-22(19)31/h1-8,11-13,18H,9-10,14H2,(H,36,37)(H,32,34,35). The van der Waals surface area contributed by atoms with E-state index in [2.05, 4.69) is 15.5 Å². The number of hydrogen-bond donors (Lipinski definition) is 2. The summed E-state index contributed by atoms with van der Waals surface area (Å²) >= 11 is 6.34. The van der Waals surface area contributed by atoms with Crippen molar-refractivity contribution in [1.82, 2.24) is 10.2 Å². The van der Waals surface area contributed by atoms with Crippen LogP contribution < -0.4 is 14.8 Å². The molecule has 3 aromatic carbocycles. The maximum absolute atomic E-state index is 14.2. The zero-order valence-electron chi connectivity index (χ0n) is 20.2. The van der Waals surface area contributed by atoms with E-state index >= 15 is 0 Å². The van der Waals surface area contributed by atoms with Crippen LogP contribution in [0, 0.1) is 5.82 Å². The number of carbonyl (C=O) groups is 2. The molecule has 5 rings (SSSR count). The van der Waals surface area contributed by atoms with Crippen molar-refractivity contribution in [2.24, 2.45) is 0 Å². The molecule has 1 aliphatic heterocycles. The monoisotopic (exact) mass is 551 g/mol. The van der Waals surface area contributed by atoms with Crippen LogP contribution in [-0.2, 0) is 11.5 Å². The van der Waals surface area contributed by atoms with Crippen LogP contribution in [0.5, 0.6) is 17.2 Å². The Morgan fingerprint density at radius 1 is 1.08 bits per heavy atom. The van der Waals surface area contributed by atoms with Gasteiger partial charge >= 0.3 is 5.97 Å². The summed E-state index contributed by atoms with van der Waals surface area (Å²) in [5, 5.41) is 20.2. The molecule has 39 heavy (non-hydrogen) atoms. The van der Waals surface area contributed by atoms with Crippen molar-refractivity contribution in [1.29, 1.82) is 0 Å². The largest absolute Gasteiger partial charge is 0.493 e. The molecule has 1 aromatic heterocycles. The molecular formula is C28H20ClF2N3O5. The number of alkyl halides is 1. The fraction of sp³-hybridized carbons (Fsp3) is 0.143. The second-order valence-electron chi connectivity index (χ2n) is 8.68.